The molecular weight excluding hydrogens is 406 g/mol. The predicted molar refractivity (Wildman–Crippen MR) is 118 cm³/mol. The van der Waals surface area contributed by atoms with Gasteiger partial charge in [0.05, 0.1) is 0 Å². The lowest BCUT2D eigenvalue weighted by Gasteiger charge is -2.28. The van der Waals surface area contributed by atoms with Crippen molar-refractivity contribution in [3.8, 4) is 22.8 Å². The molecule has 2 aromatic carbocycles. The van der Waals surface area contributed by atoms with Gasteiger partial charge in [0, 0.05) is 30.1 Å². The predicted octanol–water partition coefficient (Wildman–Crippen LogP) is 4.36. The summed E-state index contributed by atoms with van der Waals surface area (Å²) in [5.74, 6) is 2.90. The van der Waals surface area contributed by atoms with E-state index in [1.54, 1.807) is 0 Å². The van der Waals surface area contributed by atoms with Crippen molar-refractivity contribution in [2.75, 3.05) is 18.0 Å². The van der Waals surface area contributed by atoms with Crippen molar-refractivity contribution in [2.24, 2.45) is 0 Å². The van der Waals surface area contributed by atoms with Gasteiger partial charge >= 0.3 is 0 Å². The lowest BCUT2D eigenvalue weighted by atomic mass is 9.97. The van der Waals surface area contributed by atoms with Crippen LogP contribution in [0.5, 0.6) is 0 Å². The molecule has 9 nitrogen and oxygen atoms in total. The van der Waals surface area contributed by atoms with Gasteiger partial charge in [-0.05, 0) is 38.0 Å². The van der Waals surface area contributed by atoms with Crippen LogP contribution in [0.2, 0.25) is 0 Å². The SMILES string of the molecule is Cc1nc(-c2cccc(-c3noc(C4CCN(c5nc6ccccc6o5)CC4)n3)c2)n[nH]1. The first kappa shape index (κ1) is 18.7. The number of fused-ring (bicyclic) bond motifs is 1. The summed E-state index contributed by atoms with van der Waals surface area (Å²) in [6, 6.07) is 16.4. The van der Waals surface area contributed by atoms with E-state index in [1.165, 1.54) is 0 Å². The Morgan fingerprint density at radius 3 is 2.53 bits per heavy atom. The van der Waals surface area contributed by atoms with E-state index in [9.17, 15) is 0 Å². The number of benzene rings is 2. The van der Waals surface area contributed by atoms with Gasteiger partial charge < -0.3 is 13.8 Å². The second-order valence-electron chi connectivity index (χ2n) is 8.01. The number of para-hydroxylation sites is 2. The van der Waals surface area contributed by atoms with Gasteiger partial charge in [0.15, 0.2) is 11.4 Å². The molecule has 0 radical (unpaired) electrons. The number of aromatic amines is 1. The molecule has 0 unspecified atom stereocenters. The fraction of sp³-hybridized carbons (Fsp3) is 0.261. The molecule has 1 saturated heterocycles. The van der Waals surface area contributed by atoms with Crippen LogP contribution in [0, 0.1) is 6.92 Å². The van der Waals surface area contributed by atoms with Gasteiger partial charge in [0.1, 0.15) is 11.3 Å². The Kier molecular flexibility index (Phi) is 4.45. The normalized spacial score (nSPS) is 15.0. The Balaban J connectivity index is 1.16. The zero-order valence-electron chi connectivity index (χ0n) is 17.5. The molecule has 0 bridgehead atoms. The van der Waals surface area contributed by atoms with Crippen molar-refractivity contribution in [3.63, 3.8) is 0 Å². The number of piperidine rings is 1. The highest BCUT2D eigenvalue weighted by atomic mass is 16.5. The number of nitrogens with one attached hydrogen (secondary N) is 1. The number of aryl methyl sites for hydroxylation is 1. The first-order chi connectivity index (χ1) is 15.7. The number of anilines is 1. The Hall–Kier alpha value is -4.01. The standard InChI is InChI=1S/C23H21N7O2/c1-14-24-20(28-27-14)16-5-4-6-17(13-16)21-26-22(32-29-21)15-9-11-30(12-10-15)23-25-18-7-2-3-8-19(18)31-23/h2-8,13,15H,9-12H2,1H3,(H,24,27,28). The molecule has 1 fully saturated rings. The average Bonchev–Trinajstić information content (AvgIpc) is 3.58. The number of hydrogen-bond donors (Lipinski definition) is 1. The van der Waals surface area contributed by atoms with Crippen molar-refractivity contribution >= 4 is 17.1 Å². The van der Waals surface area contributed by atoms with Gasteiger partial charge in [-0.2, -0.15) is 15.1 Å². The molecular formula is C23H21N7O2. The summed E-state index contributed by atoms with van der Waals surface area (Å²) in [5, 5.41) is 11.3. The van der Waals surface area contributed by atoms with E-state index >= 15 is 0 Å². The molecule has 0 saturated carbocycles. The minimum Gasteiger partial charge on any atom is -0.423 e. The van der Waals surface area contributed by atoms with E-state index in [4.69, 9.17) is 13.9 Å². The summed E-state index contributed by atoms with van der Waals surface area (Å²) < 4.78 is 11.6. The molecule has 4 heterocycles. The topological polar surface area (TPSA) is 110 Å². The smallest absolute Gasteiger partial charge is 0.298 e. The molecule has 1 aliphatic rings. The van der Waals surface area contributed by atoms with E-state index < -0.39 is 0 Å². The molecule has 9 heteroatoms. The molecule has 0 aliphatic carbocycles. The van der Waals surface area contributed by atoms with E-state index in [2.05, 4.69) is 30.2 Å². The Morgan fingerprint density at radius 1 is 0.938 bits per heavy atom. The maximum Gasteiger partial charge on any atom is 0.298 e. The molecule has 160 valence electrons. The molecule has 1 aliphatic heterocycles. The van der Waals surface area contributed by atoms with E-state index in [1.807, 2.05) is 55.5 Å². The molecule has 3 aromatic heterocycles. The molecule has 6 rings (SSSR count). The van der Waals surface area contributed by atoms with Crippen LogP contribution >= 0.6 is 0 Å². The van der Waals surface area contributed by atoms with Crippen molar-refractivity contribution in [3.05, 3.63) is 60.2 Å². The quantitative estimate of drug-likeness (QED) is 0.451. The summed E-state index contributed by atoms with van der Waals surface area (Å²) >= 11 is 0. The second kappa shape index (κ2) is 7.60. The van der Waals surface area contributed by atoms with Crippen LogP contribution in [0.25, 0.3) is 33.9 Å². The van der Waals surface area contributed by atoms with E-state index in [0.29, 0.717) is 23.6 Å². The highest BCUT2D eigenvalue weighted by Gasteiger charge is 2.27. The molecule has 0 atom stereocenters. The number of oxazole rings is 1. The Bertz CT molecular complexity index is 1340. The van der Waals surface area contributed by atoms with Crippen LogP contribution < -0.4 is 4.90 Å². The first-order valence-corrected chi connectivity index (χ1v) is 10.7. The number of rotatable bonds is 4. The number of hydrogen-bond acceptors (Lipinski definition) is 8. The van der Waals surface area contributed by atoms with Gasteiger partial charge in [-0.15, -0.1) is 0 Å². The summed E-state index contributed by atoms with van der Waals surface area (Å²) in [5.41, 5.74) is 3.48. The largest absolute Gasteiger partial charge is 0.423 e. The number of H-pyrrole nitrogens is 1. The highest BCUT2D eigenvalue weighted by molar-refractivity contribution is 5.74. The third kappa shape index (κ3) is 3.41. The maximum absolute atomic E-state index is 5.91. The van der Waals surface area contributed by atoms with E-state index in [0.717, 1.165) is 54.0 Å². The van der Waals surface area contributed by atoms with Crippen LogP contribution in [-0.4, -0.2) is 43.4 Å². The summed E-state index contributed by atoms with van der Waals surface area (Å²) in [6.45, 7) is 3.53. The molecule has 0 spiro atoms. The third-order valence-corrected chi connectivity index (χ3v) is 5.82. The number of aromatic nitrogens is 6. The third-order valence-electron chi connectivity index (χ3n) is 5.82. The summed E-state index contributed by atoms with van der Waals surface area (Å²) in [6.07, 6.45) is 1.80. The Morgan fingerprint density at radius 2 is 1.75 bits per heavy atom. The van der Waals surface area contributed by atoms with Crippen LogP contribution in [0.15, 0.2) is 57.5 Å². The highest BCUT2D eigenvalue weighted by Crippen LogP contribution is 2.32. The molecule has 5 aromatic rings. The van der Waals surface area contributed by atoms with Gasteiger partial charge in [0.25, 0.3) is 6.01 Å². The summed E-state index contributed by atoms with van der Waals surface area (Å²) in [7, 11) is 0. The van der Waals surface area contributed by atoms with Crippen molar-refractivity contribution < 1.29 is 8.94 Å². The van der Waals surface area contributed by atoms with Crippen LogP contribution in [-0.2, 0) is 0 Å². The fourth-order valence-electron chi connectivity index (χ4n) is 4.10. The summed E-state index contributed by atoms with van der Waals surface area (Å²) in [4.78, 5) is 15.9. The molecule has 1 N–H and O–H groups in total. The van der Waals surface area contributed by atoms with Crippen LogP contribution in [0.4, 0.5) is 6.01 Å². The molecule has 32 heavy (non-hydrogen) atoms. The lowest BCUT2D eigenvalue weighted by Crippen LogP contribution is -2.33. The average molecular weight is 427 g/mol. The fourth-order valence-corrected chi connectivity index (χ4v) is 4.10. The zero-order chi connectivity index (χ0) is 21.5. The minimum absolute atomic E-state index is 0.218. The molecule has 0 amide bonds. The maximum atomic E-state index is 5.91. The van der Waals surface area contributed by atoms with Crippen LogP contribution in [0.1, 0.15) is 30.5 Å². The second-order valence-corrected chi connectivity index (χ2v) is 8.01. The van der Waals surface area contributed by atoms with Crippen molar-refractivity contribution in [1.29, 1.82) is 0 Å². The monoisotopic (exact) mass is 427 g/mol. The number of nitrogens with zero attached hydrogens (tertiary/aromatic N) is 6. The van der Waals surface area contributed by atoms with Gasteiger partial charge in [-0.3, -0.25) is 5.10 Å². The minimum atomic E-state index is 0.218. The lowest BCUT2D eigenvalue weighted by molar-refractivity contribution is 0.326. The Labute approximate surface area is 183 Å². The first-order valence-electron chi connectivity index (χ1n) is 10.7. The zero-order valence-corrected chi connectivity index (χ0v) is 17.5. The van der Waals surface area contributed by atoms with Crippen molar-refractivity contribution in [1.82, 2.24) is 30.3 Å². The van der Waals surface area contributed by atoms with Crippen LogP contribution in [0.3, 0.4) is 0 Å². The van der Waals surface area contributed by atoms with Gasteiger partial charge in [0.2, 0.25) is 11.7 Å². The van der Waals surface area contributed by atoms with E-state index in [-0.39, 0.29) is 5.92 Å². The van der Waals surface area contributed by atoms with Gasteiger partial charge in [-0.25, -0.2) is 4.98 Å². The van der Waals surface area contributed by atoms with Crippen molar-refractivity contribution in [2.45, 2.75) is 25.7 Å². The van der Waals surface area contributed by atoms with Gasteiger partial charge in [-0.1, -0.05) is 35.5 Å².